The molecule has 1 unspecified atom stereocenters. The van der Waals surface area contributed by atoms with Crippen LogP contribution in [0.25, 0.3) is 10.9 Å². The number of fused-ring (bicyclic) bond motifs is 1. The van der Waals surface area contributed by atoms with E-state index in [2.05, 4.69) is 30.4 Å². The molecule has 1 aromatic heterocycles. The van der Waals surface area contributed by atoms with Crippen LogP contribution in [0.3, 0.4) is 0 Å². The van der Waals surface area contributed by atoms with Crippen LogP contribution in [-0.2, 0) is 11.8 Å². The average Bonchev–Trinajstić information content (AvgIpc) is 3.34. The second-order valence-corrected chi connectivity index (χ2v) is 7.88. The smallest absolute Gasteiger partial charge is 0.270 e. The Balaban J connectivity index is 1.46. The normalized spacial score (nSPS) is 20.8. The predicted molar refractivity (Wildman–Crippen MR) is 102 cm³/mol. The monoisotopic (exact) mass is 353 g/mol. The Morgan fingerprint density at radius 3 is 2.65 bits per heavy atom. The van der Waals surface area contributed by atoms with Crippen molar-refractivity contribution in [3.63, 3.8) is 0 Å². The van der Waals surface area contributed by atoms with Crippen LogP contribution in [-0.4, -0.2) is 40.4 Å². The first-order valence-electron chi connectivity index (χ1n) is 9.68. The Labute approximate surface area is 154 Å². The largest absolute Gasteiger partial charge is 0.353 e. The Morgan fingerprint density at radius 2 is 1.88 bits per heavy atom. The van der Waals surface area contributed by atoms with Gasteiger partial charge in [0.2, 0.25) is 5.91 Å². The number of carbonyl (C=O) groups excluding carboxylic acids is 2. The lowest BCUT2D eigenvalue weighted by atomic mass is 10.1. The van der Waals surface area contributed by atoms with E-state index in [1.54, 1.807) is 0 Å². The lowest BCUT2D eigenvalue weighted by molar-refractivity contribution is -0.125. The molecule has 5 nitrogen and oxygen atoms in total. The van der Waals surface area contributed by atoms with Crippen LogP contribution < -0.4 is 5.32 Å². The highest BCUT2D eigenvalue weighted by atomic mass is 16.2. The molecule has 4 rings (SSSR count). The van der Waals surface area contributed by atoms with Crippen molar-refractivity contribution in [2.24, 2.45) is 13.0 Å². The Hall–Kier alpha value is -2.30. The van der Waals surface area contributed by atoms with Crippen molar-refractivity contribution in [3.05, 3.63) is 35.5 Å². The summed E-state index contributed by atoms with van der Waals surface area (Å²) in [6, 6.07) is 8.54. The quantitative estimate of drug-likeness (QED) is 0.922. The van der Waals surface area contributed by atoms with Crippen molar-refractivity contribution >= 4 is 22.7 Å². The van der Waals surface area contributed by atoms with E-state index in [1.807, 2.05) is 22.6 Å². The fourth-order valence-electron chi connectivity index (χ4n) is 4.38. The molecule has 1 aliphatic carbocycles. The molecule has 2 fully saturated rings. The number of hydrogen-bond acceptors (Lipinski definition) is 2. The highest BCUT2D eigenvalue weighted by Crippen LogP contribution is 2.25. The summed E-state index contributed by atoms with van der Waals surface area (Å²) >= 11 is 0. The molecule has 138 valence electrons. The van der Waals surface area contributed by atoms with Crippen LogP contribution in [0.5, 0.6) is 0 Å². The summed E-state index contributed by atoms with van der Waals surface area (Å²) in [5.74, 6) is 0.0777. The van der Waals surface area contributed by atoms with Gasteiger partial charge in [-0.05, 0) is 44.4 Å². The third-order valence-corrected chi connectivity index (χ3v) is 5.96. The van der Waals surface area contributed by atoms with Crippen molar-refractivity contribution in [2.75, 3.05) is 13.1 Å². The van der Waals surface area contributed by atoms with Crippen molar-refractivity contribution < 1.29 is 9.59 Å². The molecule has 0 bridgehead atoms. The van der Waals surface area contributed by atoms with Crippen molar-refractivity contribution in [1.82, 2.24) is 14.8 Å². The maximum Gasteiger partial charge on any atom is 0.270 e. The van der Waals surface area contributed by atoms with E-state index in [-0.39, 0.29) is 17.7 Å². The number of amides is 2. The van der Waals surface area contributed by atoms with Gasteiger partial charge in [-0.25, -0.2) is 0 Å². The van der Waals surface area contributed by atoms with Gasteiger partial charge < -0.3 is 14.8 Å². The van der Waals surface area contributed by atoms with Crippen molar-refractivity contribution in [2.45, 2.75) is 45.1 Å². The minimum absolute atomic E-state index is 0.0255. The summed E-state index contributed by atoms with van der Waals surface area (Å²) in [6.45, 7) is 3.24. The van der Waals surface area contributed by atoms with Crippen LogP contribution in [0.1, 0.15) is 48.2 Å². The van der Waals surface area contributed by atoms with Gasteiger partial charge in [0.05, 0.1) is 5.92 Å². The Morgan fingerprint density at radius 1 is 1.12 bits per heavy atom. The lowest BCUT2D eigenvalue weighted by Crippen LogP contribution is -2.39. The molecule has 0 radical (unpaired) electrons. The molecule has 1 atom stereocenters. The van der Waals surface area contributed by atoms with E-state index in [1.165, 1.54) is 18.4 Å². The Kier molecular flexibility index (Phi) is 4.47. The van der Waals surface area contributed by atoms with E-state index in [0.717, 1.165) is 30.2 Å². The SMILES string of the molecule is Cc1ccc2c(c1)cc(C(=O)N1CCC(C(=O)NC3CCCC3)C1)n2C. The fraction of sp³-hybridized carbons (Fsp3) is 0.524. The van der Waals surface area contributed by atoms with E-state index in [4.69, 9.17) is 0 Å². The minimum Gasteiger partial charge on any atom is -0.353 e. The third-order valence-electron chi connectivity index (χ3n) is 5.96. The molecule has 2 heterocycles. The highest BCUT2D eigenvalue weighted by molar-refractivity contribution is 5.99. The number of nitrogens with one attached hydrogen (secondary N) is 1. The first-order valence-corrected chi connectivity index (χ1v) is 9.68. The molecule has 1 aromatic carbocycles. The van der Waals surface area contributed by atoms with Crippen LogP contribution in [0.2, 0.25) is 0 Å². The third kappa shape index (κ3) is 3.11. The van der Waals surface area contributed by atoms with Crippen molar-refractivity contribution in [1.29, 1.82) is 0 Å². The van der Waals surface area contributed by atoms with Crippen LogP contribution in [0, 0.1) is 12.8 Å². The first kappa shape index (κ1) is 17.1. The molecule has 26 heavy (non-hydrogen) atoms. The van der Waals surface area contributed by atoms with E-state index in [0.29, 0.717) is 24.8 Å². The summed E-state index contributed by atoms with van der Waals surface area (Å²) < 4.78 is 1.96. The fourth-order valence-corrected chi connectivity index (χ4v) is 4.38. The molecule has 1 saturated carbocycles. The van der Waals surface area contributed by atoms with Crippen LogP contribution in [0.15, 0.2) is 24.3 Å². The molecule has 0 spiro atoms. The van der Waals surface area contributed by atoms with Crippen LogP contribution in [0.4, 0.5) is 0 Å². The van der Waals surface area contributed by atoms with Gasteiger partial charge >= 0.3 is 0 Å². The van der Waals surface area contributed by atoms with E-state index < -0.39 is 0 Å². The molecule has 2 amide bonds. The molecular weight excluding hydrogens is 326 g/mol. The number of likely N-dealkylation sites (tertiary alicyclic amines) is 1. The van der Waals surface area contributed by atoms with Crippen LogP contribution >= 0.6 is 0 Å². The summed E-state index contributed by atoms with van der Waals surface area (Å²) in [6.07, 6.45) is 5.36. The topological polar surface area (TPSA) is 54.3 Å². The van der Waals surface area contributed by atoms with E-state index >= 15 is 0 Å². The molecule has 2 aliphatic rings. The van der Waals surface area contributed by atoms with Gasteiger partial charge in [0, 0.05) is 37.1 Å². The summed E-state index contributed by atoms with van der Waals surface area (Å²) in [5, 5.41) is 4.27. The number of nitrogens with zero attached hydrogens (tertiary/aromatic N) is 2. The molecular formula is C21H27N3O2. The molecule has 1 saturated heterocycles. The second kappa shape index (κ2) is 6.78. The molecule has 1 N–H and O–H groups in total. The van der Waals surface area contributed by atoms with Gasteiger partial charge in [-0.1, -0.05) is 24.5 Å². The maximum atomic E-state index is 13.0. The standard InChI is InChI=1S/C21H27N3O2/c1-14-7-8-18-16(11-14)12-19(23(18)2)21(26)24-10-9-15(13-24)20(25)22-17-5-3-4-6-17/h7-8,11-12,15,17H,3-6,9-10,13H2,1-2H3,(H,22,25). The summed E-state index contributed by atoms with van der Waals surface area (Å²) in [7, 11) is 1.94. The summed E-state index contributed by atoms with van der Waals surface area (Å²) in [4.78, 5) is 27.3. The highest BCUT2D eigenvalue weighted by Gasteiger charge is 2.33. The second-order valence-electron chi connectivity index (χ2n) is 7.88. The average molecular weight is 353 g/mol. The molecule has 2 aromatic rings. The van der Waals surface area contributed by atoms with Gasteiger partial charge in [0.25, 0.3) is 5.91 Å². The molecule has 5 heteroatoms. The van der Waals surface area contributed by atoms with E-state index in [9.17, 15) is 9.59 Å². The zero-order valence-electron chi connectivity index (χ0n) is 15.6. The Bertz CT molecular complexity index is 848. The number of rotatable bonds is 3. The van der Waals surface area contributed by atoms with Gasteiger partial charge in [-0.2, -0.15) is 0 Å². The van der Waals surface area contributed by atoms with Gasteiger partial charge in [-0.15, -0.1) is 0 Å². The lowest BCUT2D eigenvalue weighted by Gasteiger charge is -2.18. The minimum atomic E-state index is -0.0727. The maximum absolute atomic E-state index is 13.0. The van der Waals surface area contributed by atoms with Gasteiger partial charge in [0.1, 0.15) is 5.69 Å². The first-order chi connectivity index (χ1) is 12.5. The number of aryl methyl sites for hydroxylation is 2. The zero-order valence-corrected chi connectivity index (χ0v) is 15.6. The van der Waals surface area contributed by atoms with Crippen molar-refractivity contribution in [3.8, 4) is 0 Å². The number of benzene rings is 1. The van der Waals surface area contributed by atoms with Gasteiger partial charge in [-0.3, -0.25) is 9.59 Å². The zero-order chi connectivity index (χ0) is 18.3. The number of hydrogen-bond donors (Lipinski definition) is 1. The predicted octanol–water partition coefficient (Wildman–Crippen LogP) is 3.01. The summed E-state index contributed by atoms with van der Waals surface area (Å²) in [5.41, 5.74) is 2.95. The number of aromatic nitrogens is 1. The van der Waals surface area contributed by atoms with Gasteiger partial charge in [0.15, 0.2) is 0 Å². The molecule has 1 aliphatic heterocycles. The number of carbonyl (C=O) groups is 2.